The Hall–Kier alpha value is -5.17. The first-order valence-corrected chi connectivity index (χ1v) is 11.9. The number of phenolic OH excluding ortho intramolecular Hbond substituents is 4. The Bertz CT molecular complexity index is 1610. The second-order valence-corrected chi connectivity index (χ2v) is 8.23. The minimum Gasteiger partial charge on any atom is -0.508 e. The Morgan fingerprint density at radius 2 is 1.08 bits per heavy atom. The largest absolute Gasteiger partial charge is 0.508 e. The highest BCUT2D eigenvalue weighted by molar-refractivity contribution is 6.28. The second kappa shape index (κ2) is 10.8. The standard InChI is InChI=1S/C15H11NO2.C14H8O4.C2H6/c17-12-3-1-2-11(9-12)15-14-5-4-13(18)8-10(14)6-7-16-15;15-7-1-3-9-11(5-7)14(18)10-4-2-8(16)6-12(10)13(9)17;1-2/h1-9,17-18H;1-6,15-16H;1-2H3. The van der Waals surface area contributed by atoms with Gasteiger partial charge in [0, 0.05) is 39.4 Å². The van der Waals surface area contributed by atoms with Gasteiger partial charge in [-0.1, -0.05) is 26.0 Å². The van der Waals surface area contributed by atoms with Gasteiger partial charge >= 0.3 is 0 Å². The highest BCUT2D eigenvalue weighted by Gasteiger charge is 2.30. The summed E-state index contributed by atoms with van der Waals surface area (Å²) in [7, 11) is 0. The quantitative estimate of drug-likeness (QED) is 0.208. The fourth-order valence-electron chi connectivity index (χ4n) is 4.17. The van der Waals surface area contributed by atoms with Crippen LogP contribution in [0.5, 0.6) is 23.0 Å². The van der Waals surface area contributed by atoms with E-state index in [0.29, 0.717) is 0 Å². The summed E-state index contributed by atoms with van der Waals surface area (Å²) < 4.78 is 0. The van der Waals surface area contributed by atoms with E-state index in [9.17, 15) is 30.0 Å². The molecule has 5 aromatic rings. The summed E-state index contributed by atoms with van der Waals surface area (Å²) in [6.45, 7) is 4.00. The van der Waals surface area contributed by atoms with Crippen LogP contribution in [0.3, 0.4) is 0 Å². The summed E-state index contributed by atoms with van der Waals surface area (Å²) in [5.74, 6) is -0.319. The molecule has 0 saturated heterocycles. The Morgan fingerprint density at radius 1 is 0.553 bits per heavy atom. The molecule has 4 aromatic carbocycles. The molecule has 0 radical (unpaired) electrons. The number of carbonyl (C=O) groups excluding carboxylic acids is 2. The summed E-state index contributed by atoms with van der Waals surface area (Å²) >= 11 is 0. The van der Waals surface area contributed by atoms with Crippen molar-refractivity contribution in [2.75, 3.05) is 0 Å². The molecule has 1 aliphatic carbocycles. The summed E-state index contributed by atoms with van der Waals surface area (Å²) in [6.07, 6.45) is 1.70. The van der Waals surface area contributed by atoms with Crippen molar-refractivity contribution in [3.05, 3.63) is 113 Å². The topological polar surface area (TPSA) is 128 Å². The van der Waals surface area contributed by atoms with Crippen LogP contribution < -0.4 is 0 Å². The van der Waals surface area contributed by atoms with Crippen LogP contribution in [0, 0.1) is 0 Å². The van der Waals surface area contributed by atoms with E-state index < -0.39 is 0 Å². The Morgan fingerprint density at radius 3 is 1.66 bits per heavy atom. The van der Waals surface area contributed by atoms with Crippen molar-refractivity contribution in [2.24, 2.45) is 0 Å². The highest BCUT2D eigenvalue weighted by atomic mass is 16.3. The van der Waals surface area contributed by atoms with E-state index in [1.165, 1.54) is 36.4 Å². The first kappa shape index (κ1) is 25.9. The van der Waals surface area contributed by atoms with Crippen molar-refractivity contribution < 1.29 is 30.0 Å². The maximum Gasteiger partial charge on any atom is 0.194 e. The molecule has 0 bridgehead atoms. The fourth-order valence-corrected chi connectivity index (χ4v) is 4.17. The summed E-state index contributed by atoms with van der Waals surface area (Å²) in [5, 5.41) is 39.6. The van der Waals surface area contributed by atoms with E-state index in [4.69, 9.17) is 0 Å². The molecule has 0 atom stereocenters. The molecule has 0 amide bonds. The van der Waals surface area contributed by atoms with E-state index in [0.717, 1.165) is 22.0 Å². The molecule has 6 rings (SSSR count). The first-order chi connectivity index (χ1) is 18.3. The van der Waals surface area contributed by atoms with Gasteiger partial charge in [-0.2, -0.15) is 0 Å². The molecule has 0 fully saturated rings. The maximum absolute atomic E-state index is 12.2. The molecule has 0 aliphatic heterocycles. The van der Waals surface area contributed by atoms with Gasteiger partial charge in [0.2, 0.25) is 0 Å². The molecule has 0 unspecified atom stereocenters. The zero-order valence-corrected chi connectivity index (χ0v) is 20.7. The van der Waals surface area contributed by atoms with Crippen LogP contribution in [-0.2, 0) is 0 Å². The van der Waals surface area contributed by atoms with Crippen molar-refractivity contribution >= 4 is 22.3 Å². The van der Waals surface area contributed by atoms with Crippen molar-refractivity contribution in [3.63, 3.8) is 0 Å². The molecule has 1 heterocycles. The number of fused-ring (bicyclic) bond motifs is 3. The molecule has 1 aliphatic rings. The number of aromatic hydroxyl groups is 4. The third-order valence-corrected chi connectivity index (χ3v) is 5.85. The SMILES string of the molecule is CC.O=C1c2ccc(O)cc2C(=O)c2ccc(O)cc21.Oc1cccc(-c2nccc3cc(O)ccc23)c1. The second-order valence-electron chi connectivity index (χ2n) is 8.23. The smallest absolute Gasteiger partial charge is 0.194 e. The number of hydrogen-bond donors (Lipinski definition) is 4. The van der Waals surface area contributed by atoms with Crippen LogP contribution in [0.4, 0.5) is 0 Å². The number of carbonyl (C=O) groups is 2. The first-order valence-electron chi connectivity index (χ1n) is 11.9. The lowest BCUT2D eigenvalue weighted by atomic mass is 9.84. The van der Waals surface area contributed by atoms with Crippen LogP contribution >= 0.6 is 0 Å². The van der Waals surface area contributed by atoms with Gasteiger partial charge in [-0.05, 0) is 78.2 Å². The van der Waals surface area contributed by atoms with Gasteiger partial charge in [0.05, 0.1) is 5.69 Å². The number of pyridine rings is 1. The maximum atomic E-state index is 12.2. The minimum absolute atomic E-state index is 0.0582. The van der Waals surface area contributed by atoms with E-state index in [1.54, 1.807) is 36.5 Å². The van der Waals surface area contributed by atoms with Crippen molar-refractivity contribution in [2.45, 2.75) is 13.8 Å². The summed E-state index contributed by atoms with van der Waals surface area (Å²) in [4.78, 5) is 28.7. The molecular weight excluding hydrogens is 482 g/mol. The molecule has 7 nitrogen and oxygen atoms in total. The molecule has 0 saturated carbocycles. The van der Waals surface area contributed by atoms with E-state index in [-0.39, 0.29) is 56.8 Å². The molecule has 4 N–H and O–H groups in total. The molecular formula is C31H25NO6. The summed E-state index contributed by atoms with van der Waals surface area (Å²) in [5.41, 5.74) is 2.53. The number of phenols is 4. The normalized spacial score (nSPS) is 11.4. The van der Waals surface area contributed by atoms with Gasteiger partial charge in [0.1, 0.15) is 23.0 Å². The van der Waals surface area contributed by atoms with Crippen molar-refractivity contribution in [3.8, 4) is 34.3 Å². The molecule has 38 heavy (non-hydrogen) atoms. The predicted octanol–water partition coefficient (Wildman–Crippen LogP) is 6.21. The number of nitrogens with zero attached hydrogens (tertiary/aromatic N) is 1. The van der Waals surface area contributed by atoms with Crippen molar-refractivity contribution in [1.29, 1.82) is 0 Å². The number of aromatic nitrogens is 1. The fraction of sp³-hybridized carbons (Fsp3) is 0.0645. The molecule has 1 aromatic heterocycles. The van der Waals surface area contributed by atoms with Gasteiger partial charge in [-0.15, -0.1) is 0 Å². The number of rotatable bonds is 1. The summed E-state index contributed by atoms with van der Waals surface area (Å²) in [6, 6.07) is 22.1. The number of ketones is 2. The van der Waals surface area contributed by atoms with E-state index >= 15 is 0 Å². The monoisotopic (exact) mass is 507 g/mol. The van der Waals surface area contributed by atoms with Crippen LogP contribution in [0.15, 0.2) is 91.1 Å². The van der Waals surface area contributed by atoms with Gasteiger partial charge in [0.25, 0.3) is 0 Å². The Balaban J connectivity index is 0.000000166. The zero-order chi connectivity index (χ0) is 27.4. The highest BCUT2D eigenvalue weighted by Crippen LogP contribution is 2.32. The lowest BCUT2D eigenvalue weighted by molar-refractivity contribution is 0.0978. The number of hydrogen-bond acceptors (Lipinski definition) is 7. The van der Waals surface area contributed by atoms with Crippen LogP contribution in [0.2, 0.25) is 0 Å². The van der Waals surface area contributed by atoms with Gasteiger partial charge in [-0.25, -0.2) is 0 Å². The average Bonchev–Trinajstić information content (AvgIpc) is 2.92. The predicted molar refractivity (Wildman–Crippen MR) is 145 cm³/mol. The minimum atomic E-state index is -0.324. The average molecular weight is 508 g/mol. The van der Waals surface area contributed by atoms with E-state index in [2.05, 4.69) is 4.98 Å². The third-order valence-electron chi connectivity index (χ3n) is 5.85. The third kappa shape index (κ3) is 5.03. The van der Waals surface area contributed by atoms with Gasteiger partial charge in [-0.3, -0.25) is 14.6 Å². The van der Waals surface area contributed by atoms with Crippen LogP contribution in [0.1, 0.15) is 45.7 Å². The Kier molecular flexibility index (Phi) is 7.39. The number of benzene rings is 4. The molecule has 7 heteroatoms. The van der Waals surface area contributed by atoms with E-state index in [1.807, 2.05) is 32.0 Å². The lowest BCUT2D eigenvalue weighted by Gasteiger charge is -2.17. The van der Waals surface area contributed by atoms with Gasteiger partial charge in [0.15, 0.2) is 11.6 Å². The zero-order valence-electron chi connectivity index (χ0n) is 20.7. The van der Waals surface area contributed by atoms with Gasteiger partial charge < -0.3 is 20.4 Å². The Labute approximate surface area is 218 Å². The molecule has 190 valence electrons. The lowest BCUT2D eigenvalue weighted by Crippen LogP contribution is -2.20. The molecule has 0 spiro atoms. The van der Waals surface area contributed by atoms with Crippen LogP contribution in [0.25, 0.3) is 22.0 Å². The van der Waals surface area contributed by atoms with Crippen molar-refractivity contribution in [1.82, 2.24) is 4.98 Å². The van der Waals surface area contributed by atoms with Crippen LogP contribution in [-0.4, -0.2) is 37.0 Å².